The van der Waals surface area contributed by atoms with Gasteiger partial charge in [-0.25, -0.2) is 9.59 Å². The summed E-state index contributed by atoms with van der Waals surface area (Å²) in [6.45, 7) is 0.233. The van der Waals surface area contributed by atoms with Gasteiger partial charge in [0, 0.05) is 5.69 Å². The van der Waals surface area contributed by atoms with Crippen molar-refractivity contribution in [3.05, 3.63) is 110 Å². The third-order valence-corrected chi connectivity index (χ3v) is 5.67. The lowest BCUT2D eigenvalue weighted by Gasteiger charge is -2.18. The number of carbonyl (C=O) groups excluding carboxylic acids is 1. The van der Waals surface area contributed by atoms with Gasteiger partial charge in [-0.15, -0.1) is 0 Å². The molecule has 1 N–H and O–H groups in total. The monoisotopic (exact) mass is 478 g/mol. The van der Waals surface area contributed by atoms with Crippen LogP contribution in [0.1, 0.15) is 21.5 Å². The van der Waals surface area contributed by atoms with E-state index in [4.69, 9.17) is 9.47 Å². The molecule has 0 aliphatic carbocycles. The van der Waals surface area contributed by atoms with E-state index in [-0.39, 0.29) is 18.0 Å². The Balaban J connectivity index is 1.53. The van der Waals surface area contributed by atoms with Crippen LogP contribution >= 0.6 is 0 Å². The number of methoxy groups -OCH3 is 1. The Hall–Kier alpha value is -5.23. The molecular weight excluding hydrogens is 460 g/mol. The second-order valence-corrected chi connectivity index (χ2v) is 7.95. The van der Waals surface area contributed by atoms with E-state index in [1.807, 2.05) is 6.07 Å². The number of aromatic amines is 1. The first kappa shape index (κ1) is 22.6. The van der Waals surface area contributed by atoms with Crippen LogP contribution in [0.4, 0.5) is 0 Å². The summed E-state index contributed by atoms with van der Waals surface area (Å²) in [5.74, 6) is 0.328. The average Bonchev–Trinajstić information content (AvgIpc) is 2.90. The van der Waals surface area contributed by atoms with Crippen LogP contribution in [0.2, 0.25) is 0 Å². The third-order valence-electron chi connectivity index (χ3n) is 5.67. The molecule has 0 atom stereocenters. The second kappa shape index (κ2) is 9.19. The largest absolute Gasteiger partial charge is 0.489 e. The molecule has 0 amide bonds. The van der Waals surface area contributed by atoms with Gasteiger partial charge in [0.1, 0.15) is 12.4 Å². The van der Waals surface area contributed by atoms with Gasteiger partial charge in [-0.2, -0.15) is 10.2 Å². The van der Waals surface area contributed by atoms with Gasteiger partial charge in [0.05, 0.1) is 35.4 Å². The number of nitrogens with zero attached hydrogens (tertiary/aromatic N) is 3. The zero-order chi connectivity index (χ0) is 25.2. The van der Waals surface area contributed by atoms with E-state index >= 15 is 0 Å². The van der Waals surface area contributed by atoms with E-state index in [2.05, 4.69) is 16.0 Å². The van der Waals surface area contributed by atoms with Crippen molar-refractivity contribution in [3.63, 3.8) is 0 Å². The summed E-state index contributed by atoms with van der Waals surface area (Å²) in [6.07, 6.45) is 0. The summed E-state index contributed by atoms with van der Waals surface area (Å²) in [4.78, 5) is 42.5. The van der Waals surface area contributed by atoms with Gasteiger partial charge in [0.2, 0.25) is 0 Å². The number of fused-ring (bicyclic) bond motifs is 2. The molecule has 3 aromatic rings. The van der Waals surface area contributed by atoms with E-state index in [1.54, 1.807) is 71.3 Å². The molecule has 0 bridgehead atoms. The molecule has 0 aromatic heterocycles. The highest BCUT2D eigenvalue weighted by atomic mass is 16.5. The molecule has 9 heteroatoms. The number of rotatable bonds is 5. The van der Waals surface area contributed by atoms with E-state index in [0.717, 1.165) is 5.56 Å². The van der Waals surface area contributed by atoms with Crippen molar-refractivity contribution in [1.29, 1.82) is 5.26 Å². The molecule has 176 valence electrons. The molecule has 0 saturated heterocycles. The summed E-state index contributed by atoms with van der Waals surface area (Å²) in [6, 6.07) is 22.8. The van der Waals surface area contributed by atoms with Gasteiger partial charge in [0.25, 0.3) is 5.56 Å². The minimum Gasteiger partial charge on any atom is -0.489 e. The number of H-pyrrole nitrogens is 1. The van der Waals surface area contributed by atoms with Gasteiger partial charge >= 0.3 is 11.7 Å². The summed E-state index contributed by atoms with van der Waals surface area (Å²) in [5.41, 5.74) is 1.85. The Morgan fingerprint density at radius 2 is 1.86 bits per heavy atom. The zero-order valence-corrected chi connectivity index (χ0v) is 19.0. The fourth-order valence-electron chi connectivity index (χ4n) is 3.97. The Morgan fingerprint density at radius 1 is 1.06 bits per heavy atom. The SMILES string of the molecule is COC(=O)c1cccc(COc2ccc(-n3c4nc(=O)[nH]c(=O)c-4cc4ccc(C#N)cc43)cc2)c1. The van der Waals surface area contributed by atoms with E-state index in [1.165, 1.54) is 7.11 Å². The molecule has 0 fully saturated rings. The predicted octanol–water partition coefficient (Wildman–Crippen LogP) is 3.42. The fraction of sp³-hybridized carbons (Fsp3) is 0.0741. The molecule has 0 unspecified atom stereocenters. The highest BCUT2D eigenvalue weighted by Crippen LogP contribution is 2.29. The maximum absolute atomic E-state index is 12.5. The van der Waals surface area contributed by atoms with Crippen LogP contribution in [-0.2, 0) is 11.3 Å². The van der Waals surface area contributed by atoms with Gasteiger partial charge in [-0.05, 0) is 65.5 Å². The molecule has 5 rings (SSSR count). The second-order valence-electron chi connectivity index (χ2n) is 7.95. The van der Waals surface area contributed by atoms with Crippen LogP contribution < -0.4 is 16.0 Å². The first-order chi connectivity index (χ1) is 17.5. The van der Waals surface area contributed by atoms with E-state index in [9.17, 15) is 19.6 Å². The number of pyridine rings is 1. The number of ether oxygens (including phenoxy) is 2. The minimum absolute atomic E-state index is 0.180. The quantitative estimate of drug-likeness (QED) is 0.303. The standard InChI is InChI=1S/C27H18N4O5/c1-35-26(33)19-4-2-3-17(11-19)15-36-21-9-7-20(8-10-21)31-23-12-16(14-28)5-6-18(23)13-22-24(31)29-27(34)30-25(22)32/h2-13H,15H2,1H3,(H,30,32,34). The zero-order valence-electron chi connectivity index (χ0n) is 19.0. The van der Waals surface area contributed by atoms with E-state index < -0.39 is 17.2 Å². The number of esters is 1. The predicted molar refractivity (Wildman–Crippen MR) is 131 cm³/mol. The van der Waals surface area contributed by atoms with Crippen LogP contribution in [0, 0.1) is 11.3 Å². The Bertz CT molecular complexity index is 1750. The van der Waals surface area contributed by atoms with Crippen molar-refractivity contribution in [2.45, 2.75) is 6.61 Å². The smallest absolute Gasteiger partial charge is 0.349 e. The Morgan fingerprint density at radius 3 is 2.61 bits per heavy atom. The Kier molecular flexibility index (Phi) is 5.76. The third kappa shape index (κ3) is 4.19. The van der Waals surface area contributed by atoms with Gasteiger partial charge in [0.15, 0.2) is 5.82 Å². The van der Waals surface area contributed by atoms with Crippen LogP contribution in [0.15, 0.2) is 82.4 Å². The van der Waals surface area contributed by atoms with Crippen molar-refractivity contribution in [1.82, 2.24) is 14.5 Å². The first-order valence-electron chi connectivity index (χ1n) is 10.9. The van der Waals surface area contributed by atoms with Crippen molar-refractivity contribution in [3.8, 4) is 28.9 Å². The van der Waals surface area contributed by atoms with Gasteiger partial charge in [-0.3, -0.25) is 14.3 Å². The number of nitriles is 1. The Labute approximate surface area is 204 Å². The molecule has 2 aliphatic heterocycles. The molecule has 3 aromatic carbocycles. The number of aromatic nitrogens is 3. The summed E-state index contributed by atoms with van der Waals surface area (Å²) in [7, 11) is 1.33. The number of benzene rings is 3. The summed E-state index contributed by atoms with van der Waals surface area (Å²) < 4.78 is 12.3. The van der Waals surface area contributed by atoms with Crippen molar-refractivity contribution < 1.29 is 14.3 Å². The van der Waals surface area contributed by atoms with Crippen LogP contribution in [0.25, 0.3) is 28.0 Å². The van der Waals surface area contributed by atoms with Crippen LogP contribution in [0.3, 0.4) is 0 Å². The number of hydrogen-bond acceptors (Lipinski definition) is 7. The van der Waals surface area contributed by atoms with Crippen molar-refractivity contribution >= 4 is 16.9 Å². The lowest BCUT2D eigenvalue weighted by molar-refractivity contribution is 0.0600. The number of carbonyl (C=O) groups is 1. The van der Waals surface area contributed by atoms with Crippen LogP contribution in [-0.4, -0.2) is 27.6 Å². The van der Waals surface area contributed by atoms with Gasteiger partial charge < -0.3 is 9.47 Å². The lowest BCUT2D eigenvalue weighted by Crippen LogP contribution is -2.27. The molecule has 2 aliphatic rings. The highest BCUT2D eigenvalue weighted by Gasteiger charge is 2.18. The molecule has 2 heterocycles. The van der Waals surface area contributed by atoms with Crippen molar-refractivity contribution in [2.24, 2.45) is 0 Å². The highest BCUT2D eigenvalue weighted by molar-refractivity contribution is 5.89. The van der Waals surface area contributed by atoms with Crippen LogP contribution in [0.5, 0.6) is 5.75 Å². The van der Waals surface area contributed by atoms with Crippen molar-refractivity contribution in [2.75, 3.05) is 7.11 Å². The fourth-order valence-corrected chi connectivity index (χ4v) is 3.97. The maximum Gasteiger partial charge on any atom is 0.349 e. The molecular formula is C27H18N4O5. The topological polar surface area (TPSA) is 127 Å². The average molecular weight is 478 g/mol. The number of nitrogens with one attached hydrogen (secondary N) is 1. The normalized spacial score (nSPS) is 10.8. The summed E-state index contributed by atoms with van der Waals surface area (Å²) >= 11 is 0. The molecule has 9 nitrogen and oxygen atoms in total. The van der Waals surface area contributed by atoms with Gasteiger partial charge in [-0.1, -0.05) is 18.2 Å². The maximum atomic E-state index is 12.5. The van der Waals surface area contributed by atoms with E-state index in [0.29, 0.717) is 33.5 Å². The molecule has 0 spiro atoms. The molecule has 0 saturated carbocycles. The lowest BCUT2D eigenvalue weighted by atomic mass is 10.1. The molecule has 36 heavy (non-hydrogen) atoms. The molecule has 0 radical (unpaired) electrons. The first-order valence-corrected chi connectivity index (χ1v) is 10.9. The number of hydrogen-bond donors (Lipinski definition) is 1. The summed E-state index contributed by atoms with van der Waals surface area (Å²) in [5, 5.41) is 10.1. The minimum atomic E-state index is -0.758.